The molecule has 4 heterocycles. The highest BCUT2D eigenvalue weighted by atomic mass is 32.1. The van der Waals surface area contributed by atoms with Crippen molar-refractivity contribution in [2.75, 3.05) is 32.7 Å². The Morgan fingerprint density at radius 1 is 1.00 bits per heavy atom. The van der Waals surface area contributed by atoms with Crippen molar-refractivity contribution in [2.45, 2.75) is 38.0 Å². The van der Waals surface area contributed by atoms with E-state index in [-0.39, 0.29) is 11.8 Å². The molecule has 0 bridgehead atoms. The fourth-order valence-corrected chi connectivity index (χ4v) is 5.50. The van der Waals surface area contributed by atoms with E-state index in [2.05, 4.69) is 50.3 Å². The normalized spacial score (nSPS) is 18.8. The Bertz CT molecular complexity index is 988. The summed E-state index contributed by atoms with van der Waals surface area (Å²) in [4.78, 5) is 17.2. The summed E-state index contributed by atoms with van der Waals surface area (Å²) < 4.78 is 5.92. The number of amides is 1. The first-order valence-electron chi connectivity index (χ1n) is 11.6. The molecule has 2 aliphatic heterocycles. The minimum Gasteiger partial charge on any atom is -0.420 e. The lowest BCUT2D eigenvalue weighted by molar-refractivity contribution is -0.134. The van der Waals surface area contributed by atoms with Gasteiger partial charge in [-0.2, -0.15) is 11.3 Å². The van der Waals surface area contributed by atoms with Crippen molar-refractivity contribution in [3.8, 4) is 11.5 Å². The Kier molecular flexibility index (Phi) is 6.64. The number of thiophene rings is 1. The molecule has 1 amide bonds. The van der Waals surface area contributed by atoms with Crippen LogP contribution in [-0.4, -0.2) is 58.6 Å². The van der Waals surface area contributed by atoms with Crippen molar-refractivity contribution in [2.24, 2.45) is 5.92 Å². The summed E-state index contributed by atoms with van der Waals surface area (Å²) in [6.45, 7) is 4.11. The molecule has 3 aromatic rings. The molecule has 0 saturated carbocycles. The van der Waals surface area contributed by atoms with Crippen LogP contribution in [0.1, 0.15) is 43.1 Å². The minimum absolute atomic E-state index is 0.277. The van der Waals surface area contributed by atoms with Crippen LogP contribution in [0.3, 0.4) is 0 Å². The molecule has 6 nitrogen and oxygen atoms in total. The van der Waals surface area contributed by atoms with Gasteiger partial charge in [0, 0.05) is 30.0 Å². The maximum absolute atomic E-state index is 12.9. The molecular weight excluding hydrogens is 420 g/mol. The Morgan fingerprint density at radius 3 is 2.50 bits per heavy atom. The number of piperidine rings is 2. The maximum Gasteiger partial charge on any atom is 0.248 e. The number of hydrogen-bond acceptors (Lipinski definition) is 6. The summed E-state index contributed by atoms with van der Waals surface area (Å²) in [5, 5.41) is 12.5. The standard InChI is InChI=1S/C25H30N4O2S/c30-23(29-13-6-20(7-14-29)16-19-4-2-1-3-5-19)17-28-11-8-21(9-12-28)24-26-27-25(31-24)22-10-15-32-18-22/h1-5,10,15,18,20-21H,6-9,11-14,16-17H2. The van der Waals surface area contributed by atoms with Gasteiger partial charge < -0.3 is 9.32 Å². The van der Waals surface area contributed by atoms with E-state index in [0.717, 1.165) is 69.7 Å². The van der Waals surface area contributed by atoms with Crippen molar-refractivity contribution < 1.29 is 9.21 Å². The molecule has 0 spiro atoms. The van der Waals surface area contributed by atoms with E-state index in [1.807, 2.05) is 16.8 Å². The van der Waals surface area contributed by atoms with Crippen LogP contribution in [0.25, 0.3) is 11.5 Å². The molecule has 1 aromatic carbocycles. The average Bonchev–Trinajstić information content (AvgIpc) is 3.53. The van der Waals surface area contributed by atoms with Crippen molar-refractivity contribution in [1.29, 1.82) is 0 Å². The molecule has 5 rings (SSSR count). The lowest BCUT2D eigenvalue weighted by Crippen LogP contribution is -2.46. The van der Waals surface area contributed by atoms with E-state index in [1.54, 1.807) is 11.3 Å². The minimum atomic E-state index is 0.277. The number of carbonyl (C=O) groups is 1. The predicted molar refractivity (Wildman–Crippen MR) is 125 cm³/mol. The Balaban J connectivity index is 1.05. The monoisotopic (exact) mass is 450 g/mol. The van der Waals surface area contributed by atoms with Crippen LogP contribution in [0.15, 0.2) is 51.6 Å². The Morgan fingerprint density at radius 2 is 1.78 bits per heavy atom. The van der Waals surface area contributed by atoms with Gasteiger partial charge in [0.1, 0.15) is 0 Å². The molecule has 2 saturated heterocycles. The van der Waals surface area contributed by atoms with Gasteiger partial charge in [0.05, 0.1) is 6.54 Å². The first kappa shape index (κ1) is 21.3. The fraction of sp³-hybridized carbons (Fsp3) is 0.480. The van der Waals surface area contributed by atoms with Crippen molar-refractivity contribution in [3.05, 3.63) is 58.6 Å². The van der Waals surface area contributed by atoms with E-state index in [0.29, 0.717) is 18.4 Å². The zero-order chi connectivity index (χ0) is 21.8. The summed E-state index contributed by atoms with van der Waals surface area (Å²) >= 11 is 1.63. The molecule has 2 aliphatic rings. The average molecular weight is 451 g/mol. The van der Waals surface area contributed by atoms with Crippen LogP contribution in [0.5, 0.6) is 0 Å². The quantitative estimate of drug-likeness (QED) is 0.555. The van der Waals surface area contributed by atoms with Crippen molar-refractivity contribution >= 4 is 17.2 Å². The van der Waals surface area contributed by atoms with Crippen LogP contribution in [-0.2, 0) is 11.2 Å². The number of nitrogens with zero attached hydrogens (tertiary/aromatic N) is 4. The SMILES string of the molecule is O=C(CN1CCC(c2nnc(-c3ccsc3)o2)CC1)N1CCC(Cc2ccccc2)CC1. The summed E-state index contributed by atoms with van der Waals surface area (Å²) in [5.74, 6) is 2.59. The predicted octanol–water partition coefficient (Wildman–Crippen LogP) is 4.46. The van der Waals surface area contributed by atoms with Gasteiger partial charge >= 0.3 is 0 Å². The van der Waals surface area contributed by atoms with Gasteiger partial charge in [0.15, 0.2) is 0 Å². The van der Waals surface area contributed by atoms with Crippen LogP contribution >= 0.6 is 11.3 Å². The molecule has 168 valence electrons. The lowest BCUT2D eigenvalue weighted by atomic mass is 9.90. The van der Waals surface area contributed by atoms with Crippen LogP contribution in [0.4, 0.5) is 0 Å². The highest BCUT2D eigenvalue weighted by Gasteiger charge is 2.28. The molecule has 0 radical (unpaired) electrons. The summed E-state index contributed by atoms with van der Waals surface area (Å²) in [6.07, 6.45) is 5.24. The third-order valence-electron chi connectivity index (χ3n) is 6.84. The molecule has 32 heavy (non-hydrogen) atoms. The van der Waals surface area contributed by atoms with Gasteiger partial charge in [0.2, 0.25) is 17.7 Å². The molecule has 2 aromatic heterocycles. The number of hydrogen-bond donors (Lipinski definition) is 0. The third-order valence-corrected chi connectivity index (χ3v) is 7.52. The first-order chi connectivity index (χ1) is 15.7. The smallest absolute Gasteiger partial charge is 0.248 e. The molecule has 2 fully saturated rings. The zero-order valence-corrected chi connectivity index (χ0v) is 19.2. The van der Waals surface area contributed by atoms with E-state index < -0.39 is 0 Å². The lowest BCUT2D eigenvalue weighted by Gasteiger charge is -2.35. The number of likely N-dealkylation sites (tertiary alicyclic amines) is 2. The maximum atomic E-state index is 12.9. The van der Waals surface area contributed by atoms with Crippen LogP contribution in [0.2, 0.25) is 0 Å². The topological polar surface area (TPSA) is 62.5 Å². The molecule has 0 unspecified atom stereocenters. The number of carbonyl (C=O) groups excluding carboxylic acids is 1. The van der Waals surface area contributed by atoms with Gasteiger partial charge in [-0.05, 0) is 68.1 Å². The van der Waals surface area contributed by atoms with Gasteiger partial charge in [0.25, 0.3) is 0 Å². The zero-order valence-electron chi connectivity index (χ0n) is 18.4. The number of aromatic nitrogens is 2. The Labute approximate surface area is 193 Å². The largest absolute Gasteiger partial charge is 0.420 e. The van der Waals surface area contributed by atoms with Gasteiger partial charge in [-0.3, -0.25) is 9.69 Å². The molecular formula is C25H30N4O2S. The van der Waals surface area contributed by atoms with Gasteiger partial charge in [-0.1, -0.05) is 30.3 Å². The van der Waals surface area contributed by atoms with E-state index in [1.165, 1.54) is 5.56 Å². The van der Waals surface area contributed by atoms with Crippen molar-refractivity contribution in [1.82, 2.24) is 20.0 Å². The second-order valence-corrected chi connectivity index (χ2v) is 9.80. The van der Waals surface area contributed by atoms with Crippen LogP contribution < -0.4 is 0 Å². The molecule has 0 atom stereocenters. The summed E-state index contributed by atoms with van der Waals surface area (Å²) in [6, 6.07) is 12.7. The highest BCUT2D eigenvalue weighted by Crippen LogP contribution is 2.30. The summed E-state index contributed by atoms with van der Waals surface area (Å²) in [5.41, 5.74) is 2.40. The van der Waals surface area contributed by atoms with E-state index in [9.17, 15) is 4.79 Å². The number of benzene rings is 1. The van der Waals surface area contributed by atoms with Crippen molar-refractivity contribution in [3.63, 3.8) is 0 Å². The molecule has 0 N–H and O–H groups in total. The first-order valence-corrected chi connectivity index (χ1v) is 12.6. The summed E-state index contributed by atoms with van der Waals surface area (Å²) in [7, 11) is 0. The number of rotatable bonds is 6. The van der Waals surface area contributed by atoms with Crippen LogP contribution in [0, 0.1) is 5.92 Å². The molecule has 0 aliphatic carbocycles. The van der Waals surface area contributed by atoms with E-state index >= 15 is 0 Å². The Hall–Kier alpha value is -2.51. The second kappa shape index (κ2) is 9.96. The molecule has 7 heteroatoms. The fourth-order valence-electron chi connectivity index (χ4n) is 4.87. The second-order valence-electron chi connectivity index (χ2n) is 9.02. The van der Waals surface area contributed by atoms with Gasteiger partial charge in [-0.15, -0.1) is 10.2 Å². The van der Waals surface area contributed by atoms with E-state index in [4.69, 9.17) is 4.42 Å². The van der Waals surface area contributed by atoms with Gasteiger partial charge in [-0.25, -0.2) is 0 Å². The third kappa shape index (κ3) is 5.10. The highest BCUT2D eigenvalue weighted by molar-refractivity contribution is 7.08.